The number of fused-ring (bicyclic) bond motifs is 1. The van der Waals surface area contributed by atoms with Crippen molar-refractivity contribution in [1.82, 2.24) is 9.80 Å². The van der Waals surface area contributed by atoms with E-state index in [1.54, 1.807) is 0 Å². The Morgan fingerprint density at radius 2 is 2.00 bits per heavy atom. The van der Waals surface area contributed by atoms with Crippen LogP contribution in [0.2, 0.25) is 0 Å². The van der Waals surface area contributed by atoms with Crippen LogP contribution in [0.1, 0.15) is 30.4 Å². The van der Waals surface area contributed by atoms with Crippen LogP contribution in [0.15, 0.2) is 48.1 Å². The number of aliphatic hydroxyl groups excluding tert-OH is 2. The van der Waals surface area contributed by atoms with Crippen molar-refractivity contribution >= 4 is 0 Å². The van der Waals surface area contributed by atoms with Crippen molar-refractivity contribution in [2.45, 2.75) is 44.8 Å². The Bertz CT molecular complexity index is 742. The van der Waals surface area contributed by atoms with Gasteiger partial charge in [0.1, 0.15) is 0 Å². The molecular formula is C26H40N2O2. The van der Waals surface area contributed by atoms with Gasteiger partial charge in [-0.2, -0.15) is 0 Å². The molecule has 1 fully saturated rings. The van der Waals surface area contributed by atoms with E-state index in [1.807, 2.05) is 12.1 Å². The second-order valence-electron chi connectivity index (χ2n) is 9.78. The van der Waals surface area contributed by atoms with E-state index >= 15 is 0 Å². The maximum absolute atomic E-state index is 10.6. The number of aliphatic hydroxyl groups is 2. The van der Waals surface area contributed by atoms with E-state index in [4.69, 9.17) is 0 Å². The summed E-state index contributed by atoms with van der Waals surface area (Å²) in [6.07, 6.45) is 9.35. The van der Waals surface area contributed by atoms with Crippen molar-refractivity contribution in [2.75, 3.05) is 40.8 Å². The van der Waals surface area contributed by atoms with Crippen LogP contribution in [0.3, 0.4) is 0 Å². The third-order valence-electron chi connectivity index (χ3n) is 6.65. The molecular weight excluding hydrogens is 372 g/mol. The lowest BCUT2D eigenvalue weighted by molar-refractivity contribution is 0.139. The van der Waals surface area contributed by atoms with Gasteiger partial charge in [-0.3, -0.25) is 0 Å². The maximum Gasteiger partial charge on any atom is 0.0761 e. The highest BCUT2D eigenvalue weighted by atomic mass is 16.3. The number of likely N-dealkylation sites (N-methyl/N-ethyl adjacent to an activating group) is 1. The zero-order valence-corrected chi connectivity index (χ0v) is 19.2. The van der Waals surface area contributed by atoms with Gasteiger partial charge in [0.2, 0.25) is 0 Å². The molecule has 1 aromatic rings. The Labute approximate surface area is 182 Å². The third kappa shape index (κ3) is 6.52. The first-order valence-electron chi connectivity index (χ1n) is 11.4. The summed E-state index contributed by atoms with van der Waals surface area (Å²) in [6.45, 7) is 5.34. The second-order valence-corrected chi connectivity index (χ2v) is 9.78. The molecule has 1 saturated carbocycles. The summed E-state index contributed by atoms with van der Waals surface area (Å²) in [5, 5.41) is 21.1. The molecule has 4 heteroatoms. The zero-order chi connectivity index (χ0) is 21.7. The van der Waals surface area contributed by atoms with E-state index in [0.717, 1.165) is 38.0 Å². The minimum absolute atomic E-state index is 0.148. The van der Waals surface area contributed by atoms with Gasteiger partial charge in [-0.1, -0.05) is 53.6 Å². The molecule has 3 rings (SSSR count). The van der Waals surface area contributed by atoms with E-state index in [9.17, 15) is 10.2 Å². The minimum Gasteiger partial charge on any atom is -0.392 e. The molecule has 0 saturated heterocycles. The van der Waals surface area contributed by atoms with Crippen LogP contribution in [0.25, 0.3) is 0 Å². The van der Waals surface area contributed by atoms with Crippen LogP contribution in [0.4, 0.5) is 0 Å². The molecule has 0 unspecified atom stereocenters. The highest BCUT2D eigenvalue weighted by Gasteiger charge is 2.43. The smallest absolute Gasteiger partial charge is 0.0761 e. The summed E-state index contributed by atoms with van der Waals surface area (Å²) in [5.74, 6) is 1.11. The average Bonchev–Trinajstić information content (AvgIpc) is 3.15. The van der Waals surface area contributed by atoms with Gasteiger partial charge < -0.3 is 20.0 Å². The molecule has 166 valence electrons. The van der Waals surface area contributed by atoms with E-state index in [0.29, 0.717) is 18.3 Å². The summed E-state index contributed by atoms with van der Waals surface area (Å²) in [6, 6.07) is 8.30. The molecule has 30 heavy (non-hydrogen) atoms. The summed E-state index contributed by atoms with van der Waals surface area (Å²) in [5.41, 5.74) is 3.89. The van der Waals surface area contributed by atoms with Crippen molar-refractivity contribution in [3.63, 3.8) is 0 Å². The number of allylic oxidation sites excluding steroid dienone is 1. The van der Waals surface area contributed by atoms with Gasteiger partial charge in [0.05, 0.1) is 12.2 Å². The van der Waals surface area contributed by atoms with E-state index in [1.165, 1.54) is 17.6 Å². The van der Waals surface area contributed by atoms with Crippen LogP contribution < -0.4 is 0 Å². The molecule has 1 aromatic carbocycles. The lowest BCUT2D eigenvalue weighted by Crippen LogP contribution is -2.26. The van der Waals surface area contributed by atoms with Crippen molar-refractivity contribution in [2.24, 2.45) is 17.8 Å². The lowest BCUT2D eigenvalue weighted by atomic mass is 9.89. The second kappa shape index (κ2) is 10.7. The summed E-state index contributed by atoms with van der Waals surface area (Å²) in [4.78, 5) is 4.65. The largest absolute Gasteiger partial charge is 0.392 e. The molecule has 0 aromatic heterocycles. The maximum atomic E-state index is 10.6. The first-order valence-corrected chi connectivity index (χ1v) is 11.4. The van der Waals surface area contributed by atoms with E-state index < -0.39 is 6.10 Å². The minimum atomic E-state index is -0.505. The summed E-state index contributed by atoms with van der Waals surface area (Å²) >= 11 is 0. The monoisotopic (exact) mass is 412 g/mol. The quantitative estimate of drug-likeness (QED) is 0.579. The normalized spacial score (nSPS) is 27.3. The molecule has 0 spiro atoms. The van der Waals surface area contributed by atoms with Crippen molar-refractivity contribution < 1.29 is 10.2 Å². The van der Waals surface area contributed by atoms with E-state index in [-0.39, 0.29) is 12.0 Å². The highest BCUT2D eigenvalue weighted by Crippen LogP contribution is 2.47. The fourth-order valence-corrected chi connectivity index (χ4v) is 5.21. The fraction of sp³-hybridized carbons (Fsp3) is 0.615. The van der Waals surface area contributed by atoms with Gasteiger partial charge in [0.15, 0.2) is 0 Å². The van der Waals surface area contributed by atoms with Gasteiger partial charge in [-0.25, -0.2) is 0 Å². The first-order chi connectivity index (χ1) is 14.3. The van der Waals surface area contributed by atoms with Crippen LogP contribution in [0, 0.1) is 24.7 Å². The zero-order valence-electron chi connectivity index (χ0n) is 19.2. The van der Waals surface area contributed by atoms with Gasteiger partial charge in [-0.15, -0.1) is 0 Å². The van der Waals surface area contributed by atoms with Crippen molar-refractivity contribution in [3.8, 4) is 0 Å². The number of hydrogen-bond donors (Lipinski definition) is 2. The Morgan fingerprint density at radius 1 is 1.20 bits per heavy atom. The molecule has 2 N–H and O–H groups in total. The average molecular weight is 413 g/mol. The Hall–Kier alpha value is -1.46. The van der Waals surface area contributed by atoms with Crippen LogP contribution in [-0.2, 0) is 6.42 Å². The molecule has 0 amide bonds. The third-order valence-corrected chi connectivity index (χ3v) is 6.65. The summed E-state index contributed by atoms with van der Waals surface area (Å²) < 4.78 is 0. The number of nitrogens with zero attached hydrogens (tertiary/aromatic N) is 2. The van der Waals surface area contributed by atoms with Crippen molar-refractivity contribution in [1.29, 1.82) is 0 Å². The predicted octanol–water partition coefficient (Wildman–Crippen LogP) is 3.28. The SMILES string of the molecule is Cc1cccc(C[C@@H](O)/C=C/[C@@H]2[C@H]3CC(CN(C)CCCN(C)C)=C[C@H]3C[C@H]2O)c1. The topological polar surface area (TPSA) is 46.9 Å². The number of hydrogen-bond acceptors (Lipinski definition) is 4. The molecule has 0 heterocycles. The Morgan fingerprint density at radius 3 is 2.73 bits per heavy atom. The standard InChI is InChI=1S/C26H40N2O2/c1-19-7-5-8-20(13-19)15-23(29)9-10-24-25-16-21(14-22(25)17-26(24)30)18-28(4)12-6-11-27(2)3/h5,7-10,13-14,22-26,29-30H,6,11-12,15-18H2,1-4H3/b10-9+/t22-,23-,24+,25-,26+/m0/s1. The predicted molar refractivity (Wildman–Crippen MR) is 124 cm³/mol. The molecule has 0 bridgehead atoms. The number of aryl methyl sites for hydroxylation is 1. The van der Waals surface area contributed by atoms with E-state index in [2.05, 4.69) is 68.2 Å². The van der Waals surface area contributed by atoms with Gasteiger partial charge >= 0.3 is 0 Å². The highest BCUT2D eigenvalue weighted by molar-refractivity contribution is 5.24. The fourth-order valence-electron chi connectivity index (χ4n) is 5.21. The number of benzene rings is 1. The van der Waals surface area contributed by atoms with Gasteiger partial charge in [0.25, 0.3) is 0 Å². The molecule has 0 radical (unpaired) electrons. The van der Waals surface area contributed by atoms with Crippen LogP contribution >= 0.6 is 0 Å². The Kier molecular flexibility index (Phi) is 8.29. The molecule has 5 atom stereocenters. The van der Waals surface area contributed by atoms with Gasteiger partial charge in [-0.05, 0) is 77.8 Å². The lowest BCUT2D eigenvalue weighted by Gasteiger charge is -2.21. The molecule has 0 aliphatic heterocycles. The first kappa shape index (κ1) is 23.2. The summed E-state index contributed by atoms with van der Waals surface area (Å²) in [7, 11) is 6.45. The molecule has 2 aliphatic carbocycles. The van der Waals surface area contributed by atoms with Gasteiger partial charge in [0, 0.05) is 18.9 Å². The molecule has 4 nitrogen and oxygen atoms in total. The van der Waals surface area contributed by atoms with Crippen molar-refractivity contribution in [3.05, 3.63) is 59.2 Å². The van der Waals surface area contributed by atoms with Crippen LogP contribution in [-0.4, -0.2) is 73.0 Å². The van der Waals surface area contributed by atoms with Crippen LogP contribution in [0.5, 0.6) is 0 Å². The molecule has 2 aliphatic rings. The number of rotatable bonds is 10. The Balaban J connectivity index is 1.50.